The van der Waals surface area contributed by atoms with Crippen LogP contribution in [0.4, 0.5) is 0 Å². The van der Waals surface area contributed by atoms with Crippen molar-refractivity contribution in [1.82, 2.24) is 15.2 Å². The zero-order valence-corrected chi connectivity index (χ0v) is 12.7. The number of carbonyl (C=O) groups excluding carboxylic acids is 1. The first kappa shape index (κ1) is 14.1. The molecule has 1 amide bonds. The van der Waals surface area contributed by atoms with E-state index < -0.39 is 0 Å². The molecule has 2 aromatic rings. The Morgan fingerprint density at radius 3 is 2.76 bits per heavy atom. The highest BCUT2D eigenvalue weighted by molar-refractivity contribution is 6.06. The smallest absolute Gasteiger partial charge is 0.254 e. The molecule has 112 valence electrons. The van der Waals surface area contributed by atoms with Crippen molar-refractivity contribution >= 4 is 16.8 Å². The van der Waals surface area contributed by atoms with E-state index in [1.54, 1.807) is 0 Å². The van der Waals surface area contributed by atoms with Crippen LogP contribution in [0.3, 0.4) is 0 Å². The Labute approximate surface area is 125 Å². The molecule has 0 unspecified atom stereocenters. The third kappa shape index (κ3) is 2.95. The Bertz CT molecular complexity index is 624. The quantitative estimate of drug-likeness (QED) is 0.911. The molecule has 2 N–H and O–H groups in total. The van der Waals surface area contributed by atoms with Gasteiger partial charge in [0.25, 0.3) is 5.91 Å². The molecule has 1 fully saturated rings. The number of aromatic amines is 1. The molecule has 4 nitrogen and oxygen atoms in total. The summed E-state index contributed by atoms with van der Waals surface area (Å²) >= 11 is 0. The lowest BCUT2D eigenvalue weighted by molar-refractivity contribution is 0.0705. The first-order valence-electron chi connectivity index (χ1n) is 7.76. The fourth-order valence-electron chi connectivity index (χ4n) is 3.16. The van der Waals surface area contributed by atoms with E-state index in [1.807, 2.05) is 35.4 Å². The van der Waals surface area contributed by atoms with E-state index in [1.165, 1.54) is 0 Å². The van der Waals surface area contributed by atoms with Crippen molar-refractivity contribution in [3.63, 3.8) is 0 Å². The largest absolute Gasteiger partial charge is 0.361 e. The summed E-state index contributed by atoms with van der Waals surface area (Å²) < 4.78 is 0. The molecular formula is C17H23N3O. The van der Waals surface area contributed by atoms with E-state index in [0.29, 0.717) is 12.1 Å². The van der Waals surface area contributed by atoms with Crippen LogP contribution in [0, 0.1) is 0 Å². The molecule has 0 spiro atoms. The van der Waals surface area contributed by atoms with Crippen molar-refractivity contribution in [3.8, 4) is 0 Å². The summed E-state index contributed by atoms with van der Waals surface area (Å²) in [6.45, 7) is 6.02. The standard InChI is InChI=1S/C17H23N3O/c1-12(2)19-13-7-10-20(11-8-13)17(21)15-4-3-5-16-14(15)6-9-18-16/h3-6,9,12-13,18-19H,7-8,10-11H2,1-2H3. The minimum atomic E-state index is 0.156. The predicted molar refractivity (Wildman–Crippen MR) is 85.5 cm³/mol. The first-order valence-corrected chi connectivity index (χ1v) is 7.76. The molecule has 0 aliphatic carbocycles. The molecule has 1 aliphatic rings. The number of hydrogen-bond acceptors (Lipinski definition) is 2. The van der Waals surface area contributed by atoms with Gasteiger partial charge in [-0.25, -0.2) is 0 Å². The van der Waals surface area contributed by atoms with Crippen molar-refractivity contribution in [2.75, 3.05) is 13.1 Å². The van der Waals surface area contributed by atoms with Gasteiger partial charge in [0.1, 0.15) is 0 Å². The second kappa shape index (κ2) is 5.90. The van der Waals surface area contributed by atoms with Crippen LogP contribution in [0.5, 0.6) is 0 Å². The highest BCUT2D eigenvalue weighted by atomic mass is 16.2. The van der Waals surface area contributed by atoms with Gasteiger partial charge in [-0.15, -0.1) is 0 Å². The van der Waals surface area contributed by atoms with E-state index in [-0.39, 0.29) is 5.91 Å². The number of rotatable bonds is 3. The molecule has 4 heteroatoms. The summed E-state index contributed by atoms with van der Waals surface area (Å²) in [4.78, 5) is 17.9. The van der Waals surface area contributed by atoms with E-state index >= 15 is 0 Å². The number of piperidine rings is 1. The molecule has 0 bridgehead atoms. The van der Waals surface area contributed by atoms with E-state index in [9.17, 15) is 4.79 Å². The fraction of sp³-hybridized carbons (Fsp3) is 0.471. The van der Waals surface area contributed by atoms with Gasteiger partial charge in [0.05, 0.1) is 0 Å². The van der Waals surface area contributed by atoms with Gasteiger partial charge in [0, 0.05) is 47.8 Å². The summed E-state index contributed by atoms with van der Waals surface area (Å²) in [5.74, 6) is 0.156. The number of H-pyrrole nitrogens is 1. The van der Waals surface area contributed by atoms with Crippen molar-refractivity contribution < 1.29 is 4.79 Å². The number of nitrogens with one attached hydrogen (secondary N) is 2. The van der Waals surface area contributed by atoms with Crippen molar-refractivity contribution in [1.29, 1.82) is 0 Å². The molecule has 3 rings (SSSR count). The summed E-state index contributed by atoms with van der Waals surface area (Å²) in [5, 5.41) is 4.58. The number of carbonyl (C=O) groups is 1. The maximum absolute atomic E-state index is 12.7. The average Bonchev–Trinajstić information content (AvgIpc) is 2.95. The molecule has 2 heterocycles. The van der Waals surface area contributed by atoms with Crippen LogP contribution in [0.2, 0.25) is 0 Å². The number of nitrogens with zero attached hydrogens (tertiary/aromatic N) is 1. The van der Waals surface area contributed by atoms with Crippen LogP contribution < -0.4 is 5.32 Å². The van der Waals surface area contributed by atoms with Crippen LogP contribution in [-0.2, 0) is 0 Å². The predicted octanol–water partition coefficient (Wildman–Crippen LogP) is 2.77. The SMILES string of the molecule is CC(C)NC1CCN(C(=O)c2cccc3[nH]ccc23)CC1. The van der Waals surface area contributed by atoms with Gasteiger partial charge in [0.15, 0.2) is 0 Å². The molecule has 1 saturated heterocycles. The van der Waals surface area contributed by atoms with Crippen LogP contribution in [0.25, 0.3) is 10.9 Å². The third-order valence-electron chi connectivity index (χ3n) is 4.18. The highest BCUT2D eigenvalue weighted by Gasteiger charge is 2.24. The van der Waals surface area contributed by atoms with E-state index in [0.717, 1.165) is 42.4 Å². The fourth-order valence-corrected chi connectivity index (χ4v) is 3.16. The minimum Gasteiger partial charge on any atom is -0.361 e. The monoisotopic (exact) mass is 285 g/mol. The number of aromatic nitrogens is 1. The topological polar surface area (TPSA) is 48.1 Å². The van der Waals surface area contributed by atoms with Gasteiger partial charge in [-0.05, 0) is 31.0 Å². The number of likely N-dealkylation sites (tertiary alicyclic amines) is 1. The van der Waals surface area contributed by atoms with E-state index in [2.05, 4.69) is 24.1 Å². The number of hydrogen-bond donors (Lipinski definition) is 2. The van der Waals surface area contributed by atoms with Gasteiger partial charge in [-0.2, -0.15) is 0 Å². The van der Waals surface area contributed by atoms with Crippen LogP contribution >= 0.6 is 0 Å². The Morgan fingerprint density at radius 2 is 2.05 bits per heavy atom. The Balaban J connectivity index is 1.71. The van der Waals surface area contributed by atoms with Gasteiger partial charge in [0.2, 0.25) is 0 Å². The maximum atomic E-state index is 12.7. The number of amides is 1. The van der Waals surface area contributed by atoms with Crippen LogP contribution in [-0.4, -0.2) is 41.0 Å². The summed E-state index contributed by atoms with van der Waals surface area (Å²) in [6.07, 6.45) is 3.96. The van der Waals surface area contributed by atoms with Gasteiger partial charge in [-0.1, -0.05) is 19.9 Å². The lowest BCUT2D eigenvalue weighted by atomic mass is 10.0. The first-order chi connectivity index (χ1) is 10.1. The molecule has 0 atom stereocenters. The lowest BCUT2D eigenvalue weighted by Gasteiger charge is -2.33. The zero-order chi connectivity index (χ0) is 14.8. The summed E-state index contributed by atoms with van der Waals surface area (Å²) in [6, 6.07) is 8.90. The number of benzene rings is 1. The Hall–Kier alpha value is -1.81. The minimum absolute atomic E-state index is 0.156. The normalized spacial score (nSPS) is 16.8. The molecule has 21 heavy (non-hydrogen) atoms. The highest BCUT2D eigenvalue weighted by Crippen LogP contribution is 2.21. The Morgan fingerprint density at radius 1 is 1.29 bits per heavy atom. The van der Waals surface area contributed by atoms with Gasteiger partial charge < -0.3 is 15.2 Å². The lowest BCUT2D eigenvalue weighted by Crippen LogP contribution is -2.46. The molecule has 1 aliphatic heterocycles. The third-order valence-corrected chi connectivity index (χ3v) is 4.18. The van der Waals surface area contributed by atoms with Gasteiger partial charge in [-0.3, -0.25) is 4.79 Å². The van der Waals surface area contributed by atoms with Gasteiger partial charge >= 0.3 is 0 Å². The van der Waals surface area contributed by atoms with Crippen molar-refractivity contribution in [3.05, 3.63) is 36.0 Å². The zero-order valence-electron chi connectivity index (χ0n) is 12.7. The molecule has 1 aromatic heterocycles. The second-order valence-corrected chi connectivity index (χ2v) is 6.13. The molecule has 1 aromatic carbocycles. The Kier molecular flexibility index (Phi) is 3.97. The summed E-state index contributed by atoms with van der Waals surface area (Å²) in [7, 11) is 0. The van der Waals surface area contributed by atoms with Crippen LogP contribution in [0.1, 0.15) is 37.0 Å². The maximum Gasteiger partial charge on any atom is 0.254 e. The molecule has 0 saturated carbocycles. The van der Waals surface area contributed by atoms with Crippen LogP contribution in [0.15, 0.2) is 30.5 Å². The van der Waals surface area contributed by atoms with Crippen molar-refractivity contribution in [2.45, 2.75) is 38.8 Å². The molecule has 0 radical (unpaired) electrons. The van der Waals surface area contributed by atoms with Crippen molar-refractivity contribution in [2.24, 2.45) is 0 Å². The summed E-state index contributed by atoms with van der Waals surface area (Å²) in [5.41, 5.74) is 1.83. The second-order valence-electron chi connectivity index (χ2n) is 6.13. The number of fused-ring (bicyclic) bond motifs is 1. The average molecular weight is 285 g/mol. The molecular weight excluding hydrogens is 262 g/mol. The van der Waals surface area contributed by atoms with E-state index in [4.69, 9.17) is 0 Å².